The van der Waals surface area contributed by atoms with Gasteiger partial charge in [0.1, 0.15) is 11.8 Å². The highest BCUT2D eigenvalue weighted by Gasteiger charge is 2.07. The second-order valence-electron chi connectivity index (χ2n) is 3.63. The quantitative estimate of drug-likeness (QED) is 0.655. The van der Waals surface area contributed by atoms with Crippen LogP contribution in [0, 0.1) is 11.3 Å². The second-order valence-corrected chi connectivity index (χ2v) is 4.63. The molecule has 82 valence electrons. The smallest absolute Gasteiger partial charge is 0.195 e. The van der Waals surface area contributed by atoms with E-state index in [1.807, 2.05) is 30.3 Å². The average molecular weight is 240 g/mol. The minimum Gasteiger partial charge on any atom is -0.497 e. The largest absolute Gasteiger partial charge is 0.497 e. The molecule has 0 aliphatic carbocycles. The van der Waals surface area contributed by atoms with E-state index in [2.05, 4.69) is 11.1 Å². The maximum absolute atomic E-state index is 8.87. The van der Waals surface area contributed by atoms with Crippen molar-refractivity contribution in [1.82, 2.24) is 4.98 Å². The maximum Gasteiger partial charge on any atom is 0.195 e. The summed E-state index contributed by atoms with van der Waals surface area (Å²) in [4.78, 5) is 4.25. The predicted octanol–water partition coefficient (Wildman–Crippen LogP) is 3.33. The molecule has 3 aromatic rings. The standard InChI is InChI=1S/C13H8N2OS/c1-16-9-3-4-10-8(6-9)2-5-11-13(10)17-12(7-14)15-11/h2-6H,1H3. The molecule has 0 aliphatic heterocycles. The molecule has 1 heterocycles. The lowest BCUT2D eigenvalue weighted by atomic mass is 10.1. The Morgan fingerprint density at radius 2 is 2.18 bits per heavy atom. The molecule has 3 nitrogen and oxygen atoms in total. The number of hydrogen-bond acceptors (Lipinski definition) is 4. The molecule has 0 spiro atoms. The summed E-state index contributed by atoms with van der Waals surface area (Å²) in [6.45, 7) is 0. The van der Waals surface area contributed by atoms with Crippen LogP contribution in [0.4, 0.5) is 0 Å². The summed E-state index contributed by atoms with van der Waals surface area (Å²) < 4.78 is 6.25. The number of nitrogens with zero attached hydrogens (tertiary/aromatic N) is 2. The zero-order chi connectivity index (χ0) is 11.8. The van der Waals surface area contributed by atoms with Crippen molar-refractivity contribution in [3.8, 4) is 11.8 Å². The van der Waals surface area contributed by atoms with E-state index in [-0.39, 0.29) is 0 Å². The molecule has 0 radical (unpaired) electrons. The summed E-state index contributed by atoms with van der Waals surface area (Å²) in [5.74, 6) is 0.835. The molecule has 1 aromatic heterocycles. The number of methoxy groups -OCH3 is 1. The van der Waals surface area contributed by atoms with Crippen molar-refractivity contribution < 1.29 is 4.74 Å². The van der Waals surface area contributed by atoms with Gasteiger partial charge >= 0.3 is 0 Å². The molecule has 0 saturated heterocycles. The van der Waals surface area contributed by atoms with Crippen LogP contribution in [0.15, 0.2) is 30.3 Å². The van der Waals surface area contributed by atoms with Crippen LogP contribution in [0.1, 0.15) is 5.01 Å². The van der Waals surface area contributed by atoms with Crippen LogP contribution in [0.2, 0.25) is 0 Å². The van der Waals surface area contributed by atoms with Crippen LogP contribution in [0.5, 0.6) is 5.75 Å². The third-order valence-corrected chi connectivity index (χ3v) is 3.68. The van der Waals surface area contributed by atoms with Crippen LogP contribution in [0.3, 0.4) is 0 Å². The van der Waals surface area contributed by atoms with Gasteiger partial charge in [0.25, 0.3) is 0 Å². The Morgan fingerprint density at radius 1 is 1.29 bits per heavy atom. The summed E-state index contributed by atoms with van der Waals surface area (Å²) in [5, 5.41) is 11.6. The Balaban J connectivity index is 2.39. The first-order valence-electron chi connectivity index (χ1n) is 5.09. The van der Waals surface area contributed by atoms with Crippen molar-refractivity contribution in [1.29, 1.82) is 5.26 Å². The highest BCUT2D eigenvalue weighted by molar-refractivity contribution is 7.20. The third kappa shape index (κ3) is 1.52. The van der Waals surface area contributed by atoms with E-state index in [1.54, 1.807) is 7.11 Å². The van der Waals surface area contributed by atoms with Crippen molar-refractivity contribution in [3.05, 3.63) is 35.3 Å². The summed E-state index contributed by atoms with van der Waals surface area (Å²) in [5.41, 5.74) is 0.879. The molecule has 17 heavy (non-hydrogen) atoms. The van der Waals surface area contributed by atoms with Crippen molar-refractivity contribution >= 4 is 32.3 Å². The van der Waals surface area contributed by atoms with E-state index < -0.39 is 0 Å². The lowest BCUT2D eigenvalue weighted by Crippen LogP contribution is -1.82. The molecule has 0 fully saturated rings. The van der Waals surface area contributed by atoms with Gasteiger partial charge in [0.05, 0.1) is 17.3 Å². The fourth-order valence-corrected chi connectivity index (χ4v) is 2.76. The van der Waals surface area contributed by atoms with Gasteiger partial charge in [0, 0.05) is 5.39 Å². The van der Waals surface area contributed by atoms with Gasteiger partial charge in [0.15, 0.2) is 5.01 Å². The van der Waals surface area contributed by atoms with Crippen molar-refractivity contribution in [2.45, 2.75) is 0 Å². The molecular formula is C13H8N2OS. The second kappa shape index (κ2) is 3.72. The fraction of sp³-hybridized carbons (Fsp3) is 0.0769. The molecule has 0 aliphatic rings. The lowest BCUT2D eigenvalue weighted by Gasteiger charge is -2.02. The molecule has 2 aromatic carbocycles. The van der Waals surface area contributed by atoms with Crippen LogP contribution in [0.25, 0.3) is 21.0 Å². The highest BCUT2D eigenvalue weighted by Crippen LogP contribution is 2.31. The third-order valence-electron chi connectivity index (χ3n) is 2.67. The number of benzene rings is 2. The molecule has 0 atom stereocenters. The van der Waals surface area contributed by atoms with Crippen molar-refractivity contribution in [2.24, 2.45) is 0 Å². The monoisotopic (exact) mass is 240 g/mol. The molecule has 0 unspecified atom stereocenters. The average Bonchev–Trinajstić information content (AvgIpc) is 2.81. The summed E-state index contributed by atoms with van der Waals surface area (Å²) >= 11 is 1.43. The number of thiazole rings is 1. The fourth-order valence-electron chi connectivity index (χ4n) is 1.87. The molecular weight excluding hydrogens is 232 g/mol. The first-order chi connectivity index (χ1) is 8.31. The summed E-state index contributed by atoms with van der Waals surface area (Å²) in [6.07, 6.45) is 0. The normalized spacial score (nSPS) is 10.6. The van der Waals surface area contributed by atoms with Crippen LogP contribution in [-0.2, 0) is 0 Å². The number of aromatic nitrogens is 1. The minimum absolute atomic E-state index is 0.503. The van der Waals surface area contributed by atoms with Gasteiger partial charge in [-0.3, -0.25) is 0 Å². The number of hydrogen-bond donors (Lipinski definition) is 0. The van der Waals surface area contributed by atoms with Crippen molar-refractivity contribution in [3.63, 3.8) is 0 Å². The number of nitriles is 1. The van der Waals surface area contributed by atoms with Gasteiger partial charge in [-0.1, -0.05) is 6.07 Å². The van der Waals surface area contributed by atoms with Gasteiger partial charge in [-0.15, -0.1) is 11.3 Å². The van der Waals surface area contributed by atoms with Gasteiger partial charge in [-0.25, -0.2) is 4.98 Å². The Morgan fingerprint density at radius 3 is 2.94 bits per heavy atom. The predicted molar refractivity (Wildman–Crippen MR) is 68.4 cm³/mol. The zero-order valence-electron chi connectivity index (χ0n) is 9.10. The van der Waals surface area contributed by atoms with E-state index in [0.717, 1.165) is 26.7 Å². The van der Waals surface area contributed by atoms with Crippen LogP contribution in [-0.4, -0.2) is 12.1 Å². The molecule has 0 N–H and O–H groups in total. The molecule has 0 saturated carbocycles. The maximum atomic E-state index is 8.87. The Bertz CT molecular complexity index is 755. The van der Waals surface area contributed by atoms with E-state index in [0.29, 0.717) is 5.01 Å². The minimum atomic E-state index is 0.503. The number of fused-ring (bicyclic) bond motifs is 3. The molecule has 4 heteroatoms. The van der Waals surface area contributed by atoms with Gasteiger partial charge in [0.2, 0.25) is 0 Å². The Labute approximate surface area is 102 Å². The Hall–Kier alpha value is -2.12. The lowest BCUT2D eigenvalue weighted by molar-refractivity contribution is 0.415. The number of ether oxygens (including phenoxy) is 1. The van der Waals surface area contributed by atoms with E-state index in [9.17, 15) is 0 Å². The summed E-state index contributed by atoms with van der Waals surface area (Å²) in [6, 6.07) is 11.9. The number of rotatable bonds is 1. The van der Waals surface area contributed by atoms with Gasteiger partial charge in [-0.05, 0) is 29.7 Å². The molecule has 0 amide bonds. The Kier molecular flexibility index (Phi) is 2.20. The van der Waals surface area contributed by atoms with Gasteiger partial charge < -0.3 is 4.74 Å². The van der Waals surface area contributed by atoms with Crippen LogP contribution >= 0.6 is 11.3 Å². The van der Waals surface area contributed by atoms with E-state index >= 15 is 0 Å². The summed E-state index contributed by atoms with van der Waals surface area (Å²) in [7, 11) is 1.65. The zero-order valence-corrected chi connectivity index (χ0v) is 9.91. The van der Waals surface area contributed by atoms with Crippen molar-refractivity contribution in [2.75, 3.05) is 7.11 Å². The van der Waals surface area contributed by atoms with E-state index in [4.69, 9.17) is 10.00 Å². The topological polar surface area (TPSA) is 45.9 Å². The van der Waals surface area contributed by atoms with E-state index in [1.165, 1.54) is 11.3 Å². The van der Waals surface area contributed by atoms with Gasteiger partial charge in [-0.2, -0.15) is 5.26 Å². The molecule has 0 bridgehead atoms. The highest BCUT2D eigenvalue weighted by atomic mass is 32.1. The first-order valence-corrected chi connectivity index (χ1v) is 5.91. The first kappa shape index (κ1) is 10.1. The molecule has 3 rings (SSSR count). The van der Waals surface area contributed by atoms with Crippen LogP contribution < -0.4 is 4.74 Å². The SMILES string of the molecule is COc1ccc2c(ccc3nc(C#N)sc32)c1.